The summed E-state index contributed by atoms with van der Waals surface area (Å²) in [6.45, 7) is 0.230. The standard InChI is InChI=1S/C14H15ClN4O3/c15-12-3-1-11(2-4-12)7-18(8-14(21)22)13(20)5-6-19-10-16-9-17-19/h1-4,9-10H,5-8H2,(H,21,22). The number of halogens is 1. The number of aryl methyl sites for hydroxylation is 1. The van der Waals surface area contributed by atoms with E-state index in [1.165, 1.54) is 22.2 Å². The molecular weight excluding hydrogens is 308 g/mol. The maximum atomic E-state index is 12.2. The van der Waals surface area contributed by atoms with E-state index in [2.05, 4.69) is 10.1 Å². The number of carboxylic acid groups (broad SMARTS) is 1. The first-order valence-corrected chi connectivity index (χ1v) is 6.99. The summed E-state index contributed by atoms with van der Waals surface area (Å²) in [7, 11) is 0. The third-order valence-corrected chi connectivity index (χ3v) is 3.24. The van der Waals surface area contributed by atoms with Gasteiger partial charge in [0.05, 0.1) is 6.54 Å². The molecule has 8 heteroatoms. The lowest BCUT2D eigenvalue weighted by molar-refractivity contribution is -0.145. The van der Waals surface area contributed by atoms with Crippen molar-refractivity contribution in [3.05, 3.63) is 47.5 Å². The lowest BCUT2D eigenvalue weighted by Crippen LogP contribution is -2.35. The van der Waals surface area contributed by atoms with Gasteiger partial charge in [-0.15, -0.1) is 0 Å². The highest BCUT2D eigenvalue weighted by atomic mass is 35.5. The van der Waals surface area contributed by atoms with Gasteiger partial charge in [0.2, 0.25) is 5.91 Å². The molecule has 2 aromatic rings. The molecule has 1 amide bonds. The van der Waals surface area contributed by atoms with Gasteiger partial charge in [0.25, 0.3) is 0 Å². The van der Waals surface area contributed by atoms with Gasteiger partial charge in [-0.3, -0.25) is 14.3 Å². The zero-order valence-electron chi connectivity index (χ0n) is 11.7. The molecule has 116 valence electrons. The molecule has 1 N–H and O–H groups in total. The highest BCUT2D eigenvalue weighted by molar-refractivity contribution is 6.30. The van der Waals surface area contributed by atoms with Gasteiger partial charge in [-0.25, -0.2) is 4.98 Å². The van der Waals surface area contributed by atoms with E-state index in [0.717, 1.165) is 5.56 Å². The molecule has 0 aliphatic carbocycles. The first kappa shape index (κ1) is 16.0. The molecule has 1 aromatic carbocycles. The summed E-state index contributed by atoms with van der Waals surface area (Å²) in [6.07, 6.45) is 3.05. The first-order valence-electron chi connectivity index (χ1n) is 6.61. The average Bonchev–Trinajstić information content (AvgIpc) is 2.99. The second-order valence-corrected chi connectivity index (χ2v) is 5.11. The van der Waals surface area contributed by atoms with Gasteiger partial charge in [-0.05, 0) is 17.7 Å². The van der Waals surface area contributed by atoms with E-state index < -0.39 is 5.97 Å². The Morgan fingerprint density at radius 2 is 2.00 bits per heavy atom. The molecule has 22 heavy (non-hydrogen) atoms. The number of aromatic nitrogens is 3. The van der Waals surface area contributed by atoms with Crippen LogP contribution in [0, 0.1) is 0 Å². The summed E-state index contributed by atoms with van der Waals surface area (Å²) in [4.78, 5) is 28.3. The van der Waals surface area contributed by atoms with Crippen molar-refractivity contribution < 1.29 is 14.7 Å². The molecule has 0 saturated heterocycles. The minimum atomic E-state index is -1.05. The van der Waals surface area contributed by atoms with E-state index in [-0.39, 0.29) is 25.4 Å². The first-order chi connectivity index (χ1) is 10.5. The average molecular weight is 323 g/mol. The number of carbonyl (C=O) groups excluding carboxylic acids is 1. The Morgan fingerprint density at radius 3 is 2.59 bits per heavy atom. The highest BCUT2D eigenvalue weighted by Gasteiger charge is 2.17. The van der Waals surface area contributed by atoms with Gasteiger partial charge in [-0.1, -0.05) is 23.7 Å². The monoisotopic (exact) mass is 322 g/mol. The zero-order chi connectivity index (χ0) is 15.9. The van der Waals surface area contributed by atoms with Crippen molar-refractivity contribution in [2.24, 2.45) is 0 Å². The van der Waals surface area contributed by atoms with E-state index in [0.29, 0.717) is 11.6 Å². The molecule has 1 aromatic heterocycles. The second kappa shape index (κ2) is 7.56. The summed E-state index contributed by atoms with van der Waals surface area (Å²) < 4.78 is 1.53. The molecule has 2 rings (SSSR count). The van der Waals surface area contributed by atoms with E-state index in [9.17, 15) is 9.59 Å². The Morgan fingerprint density at radius 1 is 1.27 bits per heavy atom. The fourth-order valence-electron chi connectivity index (χ4n) is 1.92. The Hall–Kier alpha value is -2.41. The van der Waals surface area contributed by atoms with Gasteiger partial charge >= 0.3 is 5.97 Å². The Balaban J connectivity index is 1.99. The predicted molar refractivity (Wildman–Crippen MR) is 79.1 cm³/mol. The van der Waals surface area contributed by atoms with E-state index in [1.807, 2.05) is 0 Å². The summed E-state index contributed by atoms with van der Waals surface area (Å²) in [5.74, 6) is -1.31. The van der Waals surface area contributed by atoms with Crippen LogP contribution < -0.4 is 0 Å². The number of carboxylic acids is 1. The highest BCUT2D eigenvalue weighted by Crippen LogP contribution is 2.12. The van der Waals surface area contributed by atoms with Crippen LogP contribution >= 0.6 is 11.6 Å². The van der Waals surface area contributed by atoms with Crippen molar-refractivity contribution in [1.82, 2.24) is 19.7 Å². The maximum Gasteiger partial charge on any atom is 0.323 e. The summed E-state index contributed by atoms with van der Waals surface area (Å²) in [5, 5.41) is 13.5. The van der Waals surface area contributed by atoms with E-state index in [4.69, 9.17) is 16.7 Å². The summed E-state index contributed by atoms with van der Waals surface area (Å²) in [6, 6.07) is 6.94. The minimum Gasteiger partial charge on any atom is -0.480 e. The third-order valence-electron chi connectivity index (χ3n) is 2.99. The van der Waals surface area contributed by atoms with Gasteiger partial charge in [0.1, 0.15) is 19.2 Å². The lowest BCUT2D eigenvalue weighted by Gasteiger charge is -2.21. The number of rotatable bonds is 7. The quantitative estimate of drug-likeness (QED) is 0.833. The molecule has 7 nitrogen and oxygen atoms in total. The van der Waals surface area contributed by atoms with Crippen molar-refractivity contribution in [2.45, 2.75) is 19.5 Å². The fraction of sp³-hybridized carbons (Fsp3) is 0.286. The number of nitrogens with zero attached hydrogens (tertiary/aromatic N) is 4. The van der Waals surface area contributed by atoms with Crippen LogP contribution in [-0.2, 0) is 22.7 Å². The molecule has 0 aliphatic rings. The maximum absolute atomic E-state index is 12.2. The van der Waals surface area contributed by atoms with Gasteiger partial charge in [0.15, 0.2) is 0 Å². The van der Waals surface area contributed by atoms with Gasteiger partial charge in [0, 0.05) is 18.0 Å². The fourth-order valence-corrected chi connectivity index (χ4v) is 2.05. The molecular formula is C14H15ClN4O3. The normalized spacial score (nSPS) is 10.4. The number of aliphatic carboxylic acids is 1. The van der Waals surface area contributed by atoms with Crippen LogP contribution in [0.1, 0.15) is 12.0 Å². The summed E-state index contributed by atoms with van der Waals surface area (Å²) in [5.41, 5.74) is 0.819. The molecule has 0 spiro atoms. The second-order valence-electron chi connectivity index (χ2n) is 4.68. The zero-order valence-corrected chi connectivity index (χ0v) is 12.5. The molecule has 0 aliphatic heterocycles. The van der Waals surface area contributed by atoms with Crippen LogP contribution in [-0.4, -0.2) is 43.2 Å². The Labute approximate surface area is 132 Å². The van der Waals surface area contributed by atoms with E-state index >= 15 is 0 Å². The number of hydrogen-bond donors (Lipinski definition) is 1. The Bertz CT molecular complexity index is 628. The number of hydrogen-bond acceptors (Lipinski definition) is 4. The predicted octanol–water partition coefficient (Wildman–Crippen LogP) is 1.44. The number of benzene rings is 1. The van der Waals surface area contributed by atoms with Crippen molar-refractivity contribution in [1.29, 1.82) is 0 Å². The number of amides is 1. The molecule has 0 bridgehead atoms. The Kier molecular flexibility index (Phi) is 5.48. The van der Waals surface area contributed by atoms with Crippen LogP contribution in [0.4, 0.5) is 0 Å². The molecule has 0 fully saturated rings. The molecule has 0 atom stereocenters. The van der Waals surface area contributed by atoms with Crippen molar-refractivity contribution >= 4 is 23.5 Å². The van der Waals surface area contributed by atoms with Crippen LogP contribution in [0.2, 0.25) is 5.02 Å². The SMILES string of the molecule is O=C(O)CN(Cc1ccc(Cl)cc1)C(=O)CCn1cncn1. The van der Waals surface area contributed by atoms with Crippen LogP contribution in [0.15, 0.2) is 36.9 Å². The van der Waals surface area contributed by atoms with Gasteiger partial charge in [-0.2, -0.15) is 5.10 Å². The van der Waals surface area contributed by atoms with Gasteiger partial charge < -0.3 is 10.0 Å². The topological polar surface area (TPSA) is 88.3 Å². The van der Waals surface area contributed by atoms with Crippen molar-refractivity contribution in [3.8, 4) is 0 Å². The largest absolute Gasteiger partial charge is 0.480 e. The van der Waals surface area contributed by atoms with E-state index in [1.54, 1.807) is 24.3 Å². The molecule has 0 radical (unpaired) electrons. The molecule has 0 saturated carbocycles. The van der Waals surface area contributed by atoms with Crippen LogP contribution in [0.3, 0.4) is 0 Å². The third kappa shape index (κ3) is 4.85. The molecule has 1 heterocycles. The van der Waals surface area contributed by atoms with Crippen LogP contribution in [0.25, 0.3) is 0 Å². The summed E-state index contributed by atoms with van der Waals surface area (Å²) >= 11 is 5.81. The van der Waals surface area contributed by atoms with Crippen molar-refractivity contribution in [2.75, 3.05) is 6.54 Å². The molecule has 0 unspecified atom stereocenters. The van der Waals surface area contributed by atoms with Crippen LogP contribution in [0.5, 0.6) is 0 Å². The van der Waals surface area contributed by atoms with Crippen molar-refractivity contribution in [3.63, 3.8) is 0 Å². The number of carbonyl (C=O) groups is 2. The lowest BCUT2D eigenvalue weighted by atomic mass is 10.2. The minimum absolute atomic E-state index is 0.157. The smallest absolute Gasteiger partial charge is 0.323 e.